The molecule has 0 radical (unpaired) electrons. The fourth-order valence-electron chi connectivity index (χ4n) is 1.18. The average molecular weight is 245 g/mol. The van der Waals surface area contributed by atoms with Gasteiger partial charge < -0.3 is 0 Å². The molecule has 0 amide bonds. The lowest BCUT2D eigenvalue weighted by Gasteiger charge is -2.02. The van der Waals surface area contributed by atoms with Crippen LogP contribution < -0.4 is 0 Å². The minimum Gasteiger partial charge on any atom is -0.300 e. The number of carbonyl (C=O) groups excluding carboxylic acids is 1. The molecule has 0 bridgehead atoms. The van der Waals surface area contributed by atoms with Crippen LogP contribution in [0.25, 0.3) is 0 Å². The molecule has 0 saturated carbocycles. The summed E-state index contributed by atoms with van der Waals surface area (Å²) in [5.74, 6) is 0.0860. The Balaban J connectivity index is 2.94. The van der Waals surface area contributed by atoms with E-state index in [1.165, 1.54) is 6.92 Å². The van der Waals surface area contributed by atoms with Crippen LogP contribution >= 0.6 is 15.9 Å². The predicted octanol–water partition coefficient (Wildman–Crippen LogP) is 3.05. The first kappa shape index (κ1) is 10.4. The monoisotopic (exact) mass is 244 g/mol. The van der Waals surface area contributed by atoms with Gasteiger partial charge in [0, 0.05) is 10.9 Å². The predicted molar refractivity (Wildman–Crippen MR) is 53.3 cm³/mol. The van der Waals surface area contributed by atoms with Gasteiger partial charge in [0.1, 0.15) is 12.5 Å². The zero-order valence-electron chi connectivity index (χ0n) is 7.31. The van der Waals surface area contributed by atoms with E-state index in [1.54, 1.807) is 12.1 Å². The highest BCUT2D eigenvalue weighted by Crippen LogP contribution is 2.17. The van der Waals surface area contributed by atoms with E-state index in [4.69, 9.17) is 0 Å². The largest absolute Gasteiger partial charge is 0.300 e. The van der Waals surface area contributed by atoms with E-state index in [-0.39, 0.29) is 5.78 Å². The fourth-order valence-corrected chi connectivity index (χ4v) is 1.77. The SMILES string of the molecule is CC(=O)Cc1cc(Br)cc(CF)c1. The molecule has 1 aromatic rings. The number of carbonyl (C=O) groups is 1. The van der Waals surface area contributed by atoms with Gasteiger partial charge in [0.25, 0.3) is 0 Å². The van der Waals surface area contributed by atoms with Gasteiger partial charge >= 0.3 is 0 Å². The van der Waals surface area contributed by atoms with Crippen LogP contribution in [0.5, 0.6) is 0 Å². The molecular weight excluding hydrogens is 235 g/mol. The summed E-state index contributed by atoms with van der Waals surface area (Å²) in [5.41, 5.74) is 1.46. The average Bonchev–Trinajstić information content (AvgIpc) is 2.01. The second-order valence-electron chi connectivity index (χ2n) is 2.98. The van der Waals surface area contributed by atoms with Gasteiger partial charge in [0.2, 0.25) is 0 Å². The van der Waals surface area contributed by atoms with Crippen molar-refractivity contribution >= 4 is 21.7 Å². The zero-order chi connectivity index (χ0) is 9.84. The molecular formula is C10H10BrFO. The van der Waals surface area contributed by atoms with E-state index in [9.17, 15) is 9.18 Å². The van der Waals surface area contributed by atoms with Crippen molar-refractivity contribution in [3.05, 3.63) is 33.8 Å². The maximum absolute atomic E-state index is 12.3. The molecule has 0 unspecified atom stereocenters. The van der Waals surface area contributed by atoms with Crippen LogP contribution in [0.1, 0.15) is 18.1 Å². The second kappa shape index (κ2) is 4.51. The van der Waals surface area contributed by atoms with Gasteiger partial charge in [-0.25, -0.2) is 4.39 Å². The first-order valence-electron chi connectivity index (χ1n) is 3.95. The Labute approximate surface area is 85.1 Å². The molecule has 0 aliphatic heterocycles. The standard InChI is InChI=1S/C10H10BrFO/c1-7(13)2-8-3-9(6-12)5-10(11)4-8/h3-5H,2,6H2,1H3. The van der Waals surface area contributed by atoms with E-state index < -0.39 is 6.67 Å². The summed E-state index contributed by atoms with van der Waals surface area (Å²) < 4.78 is 13.1. The van der Waals surface area contributed by atoms with Crippen molar-refractivity contribution in [3.63, 3.8) is 0 Å². The number of benzene rings is 1. The highest BCUT2D eigenvalue weighted by atomic mass is 79.9. The molecule has 70 valence electrons. The van der Waals surface area contributed by atoms with E-state index in [0.29, 0.717) is 12.0 Å². The molecule has 1 aromatic carbocycles. The minimum absolute atomic E-state index is 0.0860. The van der Waals surface area contributed by atoms with Gasteiger partial charge in [0.05, 0.1) is 0 Å². The normalized spacial score (nSPS) is 10.1. The molecule has 1 nitrogen and oxygen atoms in total. The quantitative estimate of drug-likeness (QED) is 0.799. The van der Waals surface area contributed by atoms with Crippen LogP contribution in [0.15, 0.2) is 22.7 Å². The molecule has 0 N–H and O–H groups in total. The summed E-state index contributed by atoms with van der Waals surface area (Å²) in [6, 6.07) is 5.26. The van der Waals surface area contributed by atoms with E-state index >= 15 is 0 Å². The maximum atomic E-state index is 12.3. The summed E-state index contributed by atoms with van der Waals surface area (Å²) in [6.45, 7) is 1.03. The molecule has 0 aromatic heterocycles. The molecule has 0 aliphatic rings. The number of ketones is 1. The Bertz CT molecular complexity index is 323. The van der Waals surface area contributed by atoms with Gasteiger partial charge in [-0.1, -0.05) is 22.0 Å². The fraction of sp³-hybridized carbons (Fsp3) is 0.300. The van der Waals surface area contributed by atoms with E-state index in [1.807, 2.05) is 6.07 Å². The summed E-state index contributed by atoms with van der Waals surface area (Å²) in [5, 5.41) is 0. The Kier molecular flexibility index (Phi) is 3.60. The van der Waals surface area contributed by atoms with Gasteiger partial charge in [-0.3, -0.25) is 4.79 Å². The van der Waals surface area contributed by atoms with Crippen LogP contribution in [0.4, 0.5) is 4.39 Å². The van der Waals surface area contributed by atoms with Crippen molar-refractivity contribution in [3.8, 4) is 0 Å². The third-order valence-corrected chi connectivity index (χ3v) is 2.08. The topological polar surface area (TPSA) is 17.1 Å². The number of Topliss-reactive ketones (excluding diaryl/α,β-unsaturated/α-hetero) is 1. The van der Waals surface area contributed by atoms with Crippen molar-refractivity contribution in [1.82, 2.24) is 0 Å². The summed E-state index contributed by atoms with van der Waals surface area (Å²) in [6.07, 6.45) is 0.367. The van der Waals surface area contributed by atoms with Crippen LogP contribution in [-0.2, 0) is 17.9 Å². The first-order chi connectivity index (χ1) is 6.11. The van der Waals surface area contributed by atoms with E-state index in [2.05, 4.69) is 15.9 Å². The third kappa shape index (κ3) is 3.27. The molecule has 1 rings (SSSR count). The van der Waals surface area contributed by atoms with Crippen molar-refractivity contribution < 1.29 is 9.18 Å². The summed E-state index contributed by atoms with van der Waals surface area (Å²) in [4.78, 5) is 10.8. The minimum atomic E-state index is -0.496. The van der Waals surface area contributed by atoms with Gasteiger partial charge in [-0.05, 0) is 30.2 Å². The van der Waals surface area contributed by atoms with Crippen LogP contribution in [0, 0.1) is 0 Å². The smallest absolute Gasteiger partial charge is 0.134 e. The highest BCUT2D eigenvalue weighted by Gasteiger charge is 2.01. The number of hydrogen-bond donors (Lipinski definition) is 0. The summed E-state index contributed by atoms with van der Waals surface area (Å²) >= 11 is 3.27. The second-order valence-corrected chi connectivity index (χ2v) is 3.90. The first-order valence-corrected chi connectivity index (χ1v) is 4.75. The molecule has 0 aliphatic carbocycles. The Morgan fingerprint density at radius 2 is 2.00 bits per heavy atom. The molecule has 3 heteroatoms. The molecule has 0 heterocycles. The van der Waals surface area contributed by atoms with Crippen molar-refractivity contribution in [2.24, 2.45) is 0 Å². The van der Waals surface area contributed by atoms with Crippen molar-refractivity contribution in [2.45, 2.75) is 20.0 Å². The van der Waals surface area contributed by atoms with Crippen LogP contribution in [0.2, 0.25) is 0 Å². The molecule has 0 fully saturated rings. The lowest BCUT2D eigenvalue weighted by atomic mass is 10.1. The van der Waals surface area contributed by atoms with Gasteiger partial charge in [-0.2, -0.15) is 0 Å². The number of hydrogen-bond acceptors (Lipinski definition) is 1. The Hall–Kier alpha value is -0.700. The third-order valence-electron chi connectivity index (χ3n) is 1.62. The van der Waals surface area contributed by atoms with Crippen LogP contribution in [0.3, 0.4) is 0 Å². The molecule has 13 heavy (non-hydrogen) atoms. The van der Waals surface area contributed by atoms with Crippen molar-refractivity contribution in [1.29, 1.82) is 0 Å². The lowest BCUT2D eigenvalue weighted by molar-refractivity contribution is -0.116. The molecule has 0 spiro atoms. The number of alkyl halides is 1. The van der Waals surface area contributed by atoms with Crippen LogP contribution in [-0.4, -0.2) is 5.78 Å². The van der Waals surface area contributed by atoms with E-state index in [0.717, 1.165) is 10.0 Å². The summed E-state index contributed by atoms with van der Waals surface area (Å²) in [7, 11) is 0. The van der Waals surface area contributed by atoms with Crippen molar-refractivity contribution in [2.75, 3.05) is 0 Å². The number of halogens is 2. The molecule has 0 saturated heterocycles. The maximum Gasteiger partial charge on any atom is 0.134 e. The highest BCUT2D eigenvalue weighted by molar-refractivity contribution is 9.10. The Morgan fingerprint density at radius 1 is 1.38 bits per heavy atom. The Morgan fingerprint density at radius 3 is 2.54 bits per heavy atom. The van der Waals surface area contributed by atoms with Gasteiger partial charge in [0.15, 0.2) is 0 Å². The van der Waals surface area contributed by atoms with Gasteiger partial charge in [-0.15, -0.1) is 0 Å². The zero-order valence-corrected chi connectivity index (χ0v) is 8.90. The number of rotatable bonds is 3. The lowest BCUT2D eigenvalue weighted by Crippen LogP contribution is -1.97. The molecule has 0 atom stereocenters.